The Labute approximate surface area is 134 Å². The lowest BCUT2D eigenvalue weighted by atomic mass is 10.0. The van der Waals surface area contributed by atoms with Crippen LogP contribution in [0.2, 0.25) is 0 Å². The van der Waals surface area contributed by atoms with Gasteiger partial charge in [0.25, 0.3) is 5.56 Å². The second-order valence-corrected chi connectivity index (χ2v) is 5.24. The molecule has 0 radical (unpaired) electrons. The van der Waals surface area contributed by atoms with Crippen LogP contribution in [-0.2, 0) is 7.05 Å². The maximum atomic E-state index is 12.6. The highest BCUT2D eigenvalue weighted by Gasteiger charge is 2.15. The van der Waals surface area contributed by atoms with E-state index in [1.165, 1.54) is 15.8 Å². The first-order valence-corrected chi connectivity index (χ1v) is 7.18. The number of rotatable bonds is 5. The van der Waals surface area contributed by atoms with Crippen molar-refractivity contribution in [1.82, 2.24) is 9.58 Å². The van der Waals surface area contributed by atoms with Crippen molar-refractivity contribution in [3.63, 3.8) is 0 Å². The topological polar surface area (TPSA) is 94.3 Å². The van der Waals surface area contributed by atoms with Gasteiger partial charge in [-0.15, -0.1) is 0 Å². The summed E-state index contributed by atoms with van der Waals surface area (Å²) < 4.78 is 1.46. The number of aromatic nitrogens is 1. The molecule has 0 aliphatic carbocycles. The molecule has 0 saturated carbocycles. The molecular formula is C17H20N4O2. The average molecular weight is 312 g/mol. The molecule has 0 saturated heterocycles. The van der Waals surface area contributed by atoms with Crippen LogP contribution in [0, 0.1) is 0 Å². The molecule has 0 amide bonds. The standard InChI is InChI=1S/C17H20N4O2/c1-4-11(2)21(19)10-15(18)16(22)13-6-5-7-14-12(13)8-9-20(3)17(14)23/h5-10H,2,4,18-19H2,1,3H3/b15-10-. The van der Waals surface area contributed by atoms with Gasteiger partial charge in [0.15, 0.2) is 0 Å². The monoisotopic (exact) mass is 312 g/mol. The summed E-state index contributed by atoms with van der Waals surface area (Å²) in [7, 11) is 1.66. The van der Waals surface area contributed by atoms with Gasteiger partial charge in [-0.1, -0.05) is 25.6 Å². The second kappa shape index (κ2) is 6.50. The summed E-state index contributed by atoms with van der Waals surface area (Å²) in [6.07, 6.45) is 3.60. The van der Waals surface area contributed by atoms with Crippen LogP contribution in [0.3, 0.4) is 0 Å². The molecule has 23 heavy (non-hydrogen) atoms. The number of nitrogens with two attached hydrogens (primary N) is 2. The van der Waals surface area contributed by atoms with Gasteiger partial charge in [0, 0.05) is 36.1 Å². The molecule has 2 aromatic rings. The molecule has 0 aliphatic rings. The Balaban J connectivity index is 2.50. The van der Waals surface area contributed by atoms with Crippen molar-refractivity contribution < 1.29 is 4.79 Å². The van der Waals surface area contributed by atoms with E-state index < -0.39 is 0 Å². The Morgan fingerprint density at radius 3 is 2.70 bits per heavy atom. The molecule has 1 aromatic heterocycles. The number of aryl methyl sites for hydroxylation is 1. The van der Waals surface area contributed by atoms with Crippen LogP contribution in [0.25, 0.3) is 10.8 Å². The Morgan fingerprint density at radius 1 is 1.35 bits per heavy atom. The lowest BCUT2D eigenvalue weighted by Gasteiger charge is -2.16. The maximum absolute atomic E-state index is 12.6. The zero-order valence-corrected chi connectivity index (χ0v) is 13.2. The molecule has 2 rings (SSSR count). The molecule has 0 aliphatic heterocycles. The van der Waals surface area contributed by atoms with Crippen LogP contribution in [-0.4, -0.2) is 15.4 Å². The SMILES string of the molecule is C=C(CC)N(N)/C=C(\N)C(=O)c1cccc2c(=O)n(C)ccc12. The third-order valence-corrected chi connectivity index (χ3v) is 3.68. The van der Waals surface area contributed by atoms with E-state index in [2.05, 4.69) is 6.58 Å². The highest BCUT2D eigenvalue weighted by atomic mass is 16.1. The van der Waals surface area contributed by atoms with Crippen LogP contribution in [0.1, 0.15) is 23.7 Å². The number of benzene rings is 1. The Morgan fingerprint density at radius 2 is 2.04 bits per heavy atom. The number of allylic oxidation sites excluding steroid dienone is 2. The molecule has 0 spiro atoms. The van der Waals surface area contributed by atoms with Crippen LogP contribution < -0.4 is 17.1 Å². The Kier molecular flexibility index (Phi) is 4.66. The number of fused-ring (bicyclic) bond motifs is 1. The summed E-state index contributed by atoms with van der Waals surface area (Å²) in [5, 5.41) is 2.27. The zero-order valence-electron chi connectivity index (χ0n) is 13.2. The van der Waals surface area contributed by atoms with Gasteiger partial charge in [-0.05, 0) is 23.9 Å². The van der Waals surface area contributed by atoms with Crippen molar-refractivity contribution in [3.8, 4) is 0 Å². The van der Waals surface area contributed by atoms with E-state index in [1.807, 2.05) is 6.92 Å². The summed E-state index contributed by atoms with van der Waals surface area (Å²) in [6.45, 7) is 5.67. The molecule has 1 heterocycles. The van der Waals surface area contributed by atoms with Gasteiger partial charge in [-0.25, -0.2) is 5.84 Å². The highest BCUT2D eigenvalue weighted by molar-refractivity contribution is 6.15. The number of Topliss-reactive ketones (excluding diaryl/α,β-unsaturated/α-hetero) is 1. The second-order valence-electron chi connectivity index (χ2n) is 5.24. The number of hydrogen-bond acceptors (Lipinski definition) is 5. The molecule has 0 bridgehead atoms. The fourth-order valence-electron chi connectivity index (χ4n) is 2.21. The quantitative estimate of drug-likeness (QED) is 0.379. The van der Waals surface area contributed by atoms with E-state index in [4.69, 9.17) is 11.6 Å². The fourth-order valence-corrected chi connectivity index (χ4v) is 2.21. The molecule has 1 aromatic carbocycles. The number of carbonyl (C=O) groups is 1. The maximum Gasteiger partial charge on any atom is 0.258 e. The van der Waals surface area contributed by atoms with Crippen LogP contribution >= 0.6 is 0 Å². The van der Waals surface area contributed by atoms with E-state index in [0.29, 0.717) is 28.5 Å². The van der Waals surface area contributed by atoms with E-state index in [1.54, 1.807) is 37.5 Å². The van der Waals surface area contributed by atoms with Crippen molar-refractivity contribution in [1.29, 1.82) is 0 Å². The minimum absolute atomic E-state index is 0.0183. The summed E-state index contributed by atoms with van der Waals surface area (Å²) in [5.41, 5.74) is 6.68. The molecule has 0 fully saturated rings. The van der Waals surface area contributed by atoms with Gasteiger partial charge in [-0.2, -0.15) is 0 Å². The van der Waals surface area contributed by atoms with Crippen molar-refractivity contribution in [2.45, 2.75) is 13.3 Å². The summed E-state index contributed by atoms with van der Waals surface area (Å²) >= 11 is 0. The van der Waals surface area contributed by atoms with E-state index in [9.17, 15) is 9.59 Å². The number of pyridine rings is 1. The predicted molar refractivity (Wildman–Crippen MR) is 91.2 cm³/mol. The Bertz CT molecular complexity index is 865. The van der Waals surface area contributed by atoms with Crippen LogP contribution in [0.15, 0.2) is 59.4 Å². The van der Waals surface area contributed by atoms with Crippen molar-refractivity contribution >= 4 is 16.6 Å². The first-order valence-electron chi connectivity index (χ1n) is 7.18. The molecular weight excluding hydrogens is 292 g/mol. The van der Waals surface area contributed by atoms with Crippen molar-refractivity contribution in [2.24, 2.45) is 18.6 Å². The molecule has 6 nitrogen and oxygen atoms in total. The minimum Gasteiger partial charge on any atom is -0.394 e. The van der Waals surface area contributed by atoms with Gasteiger partial charge in [0.1, 0.15) is 0 Å². The van der Waals surface area contributed by atoms with Gasteiger partial charge in [0.05, 0.1) is 5.70 Å². The molecule has 6 heteroatoms. The Hall–Kier alpha value is -2.86. The summed E-state index contributed by atoms with van der Waals surface area (Å²) in [6, 6.07) is 6.71. The minimum atomic E-state index is -0.386. The normalized spacial score (nSPS) is 11.5. The first kappa shape index (κ1) is 16.5. The summed E-state index contributed by atoms with van der Waals surface area (Å²) in [4.78, 5) is 24.7. The van der Waals surface area contributed by atoms with Crippen molar-refractivity contribution in [3.05, 3.63) is 70.6 Å². The van der Waals surface area contributed by atoms with Gasteiger partial charge < -0.3 is 10.3 Å². The van der Waals surface area contributed by atoms with Gasteiger partial charge in [0.2, 0.25) is 5.78 Å². The summed E-state index contributed by atoms with van der Waals surface area (Å²) in [5.74, 6) is 5.39. The number of nitrogens with zero attached hydrogens (tertiary/aromatic N) is 2. The lowest BCUT2D eigenvalue weighted by molar-refractivity contribution is 0.103. The third kappa shape index (κ3) is 3.17. The molecule has 0 unspecified atom stereocenters. The first-order chi connectivity index (χ1) is 10.9. The number of hydrazine groups is 1. The third-order valence-electron chi connectivity index (χ3n) is 3.68. The number of hydrogen-bond donors (Lipinski definition) is 2. The molecule has 120 valence electrons. The average Bonchev–Trinajstić information content (AvgIpc) is 2.56. The fraction of sp³-hybridized carbons (Fsp3) is 0.176. The lowest BCUT2D eigenvalue weighted by Crippen LogP contribution is -2.27. The largest absolute Gasteiger partial charge is 0.394 e. The van der Waals surface area contributed by atoms with Crippen LogP contribution in [0.5, 0.6) is 0 Å². The van der Waals surface area contributed by atoms with Gasteiger partial charge in [-0.3, -0.25) is 14.6 Å². The molecule has 4 N–H and O–H groups in total. The zero-order chi connectivity index (χ0) is 17.1. The highest BCUT2D eigenvalue weighted by Crippen LogP contribution is 2.18. The number of ketones is 1. The van der Waals surface area contributed by atoms with Gasteiger partial charge >= 0.3 is 0 Å². The van der Waals surface area contributed by atoms with E-state index in [-0.39, 0.29) is 17.0 Å². The predicted octanol–water partition coefficient (Wildman–Crippen LogP) is 1.62. The number of carbonyl (C=O) groups excluding carboxylic acids is 1. The van der Waals surface area contributed by atoms with Crippen LogP contribution in [0.4, 0.5) is 0 Å². The van der Waals surface area contributed by atoms with E-state index >= 15 is 0 Å². The molecule has 0 atom stereocenters. The van der Waals surface area contributed by atoms with E-state index in [0.717, 1.165) is 0 Å². The van der Waals surface area contributed by atoms with Crippen molar-refractivity contribution in [2.75, 3.05) is 0 Å². The smallest absolute Gasteiger partial charge is 0.258 e.